The molecular weight excluding hydrogens is 259 g/mol. The Morgan fingerprint density at radius 3 is 3.17 bits per heavy atom. The Balaban J connectivity index is 2.17. The van der Waals surface area contributed by atoms with Crippen molar-refractivity contribution in [2.24, 2.45) is 0 Å². The molecule has 1 atom stereocenters. The van der Waals surface area contributed by atoms with Crippen LogP contribution in [0.1, 0.15) is 23.2 Å². The molecule has 0 aliphatic carbocycles. The molecule has 1 aliphatic rings. The summed E-state index contributed by atoms with van der Waals surface area (Å²) in [5.41, 5.74) is 0.105. The quantitative estimate of drug-likeness (QED) is 0.775. The maximum Gasteiger partial charge on any atom is 0.257 e. The second-order valence-corrected chi connectivity index (χ2v) is 4.60. The minimum absolute atomic E-state index is 0.0286. The van der Waals surface area contributed by atoms with Crippen molar-refractivity contribution in [1.29, 1.82) is 0 Å². The monoisotopic (exact) mass is 272 g/mol. The largest absolute Gasteiger partial charge is 0.380 e. The van der Waals surface area contributed by atoms with E-state index < -0.39 is 5.82 Å². The molecular formula is C12H14ClFN2O2. The summed E-state index contributed by atoms with van der Waals surface area (Å²) < 4.78 is 18.3. The van der Waals surface area contributed by atoms with Crippen LogP contribution in [0, 0.1) is 5.82 Å². The predicted octanol–water partition coefficient (Wildman–Crippen LogP) is 2.13. The van der Waals surface area contributed by atoms with Crippen molar-refractivity contribution in [3.8, 4) is 0 Å². The summed E-state index contributed by atoms with van der Waals surface area (Å²) in [7, 11) is 1.62. The molecule has 4 nitrogen and oxygen atoms in total. The zero-order chi connectivity index (χ0) is 13.1. The maximum atomic E-state index is 13.1. The van der Waals surface area contributed by atoms with Crippen LogP contribution in [0.4, 0.5) is 4.39 Å². The molecule has 1 aliphatic heterocycles. The lowest BCUT2D eigenvalue weighted by Gasteiger charge is -2.32. The topological polar surface area (TPSA) is 42.4 Å². The van der Waals surface area contributed by atoms with Crippen molar-refractivity contribution in [1.82, 2.24) is 9.88 Å². The molecule has 1 fully saturated rings. The number of piperidine rings is 1. The molecule has 0 spiro atoms. The minimum atomic E-state index is -0.567. The fourth-order valence-electron chi connectivity index (χ4n) is 2.06. The number of amides is 1. The number of hydrogen-bond acceptors (Lipinski definition) is 3. The van der Waals surface area contributed by atoms with Crippen LogP contribution >= 0.6 is 11.6 Å². The number of halogens is 2. The normalized spacial score (nSPS) is 19.9. The fourth-order valence-corrected chi connectivity index (χ4v) is 2.24. The van der Waals surface area contributed by atoms with Gasteiger partial charge in [-0.15, -0.1) is 0 Å². The first kappa shape index (κ1) is 13.2. The van der Waals surface area contributed by atoms with Crippen molar-refractivity contribution in [2.75, 3.05) is 20.2 Å². The zero-order valence-corrected chi connectivity index (χ0v) is 10.8. The summed E-state index contributed by atoms with van der Waals surface area (Å²) in [4.78, 5) is 17.5. The van der Waals surface area contributed by atoms with Gasteiger partial charge in [0.1, 0.15) is 11.0 Å². The fraction of sp³-hybridized carbons (Fsp3) is 0.500. The molecule has 0 bridgehead atoms. The van der Waals surface area contributed by atoms with Gasteiger partial charge in [0.05, 0.1) is 17.9 Å². The Morgan fingerprint density at radius 2 is 2.44 bits per heavy atom. The van der Waals surface area contributed by atoms with Crippen LogP contribution in [0.5, 0.6) is 0 Å². The van der Waals surface area contributed by atoms with Gasteiger partial charge in [-0.05, 0) is 18.9 Å². The van der Waals surface area contributed by atoms with E-state index in [1.165, 1.54) is 0 Å². The van der Waals surface area contributed by atoms with E-state index in [0.29, 0.717) is 13.1 Å². The molecule has 1 saturated heterocycles. The van der Waals surface area contributed by atoms with Gasteiger partial charge < -0.3 is 9.64 Å². The first-order valence-electron chi connectivity index (χ1n) is 5.75. The number of ether oxygens (including phenoxy) is 1. The van der Waals surface area contributed by atoms with Crippen LogP contribution in [0.15, 0.2) is 12.3 Å². The number of nitrogens with zero attached hydrogens (tertiary/aromatic N) is 2. The lowest BCUT2D eigenvalue weighted by molar-refractivity contribution is 0.0268. The van der Waals surface area contributed by atoms with Crippen molar-refractivity contribution < 1.29 is 13.9 Å². The summed E-state index contributed by atoms with van der Waals surface area (Å²) >= 11 is 5.82. The van der Waals surface area contributed by atoms with E-state index in [-0.39, 0.29) is 22.7 Å². The van der Waals surface area contributed by atoms with E-state index in [1.54, 1.807) is 12.0 Å². The van der Waals surface area contributed by atoms with Crippen LogP contribution in [-0.4, -0.2) is 42.1 Å². The second-order valence-electron chi connectivity index (χ2n) is 4.24. The van der Waals surface area contributed by atoms with E-state index in [4.69, 9.17) is 16.3 Å². The summed E-state index contributed by atoms with van der Waals surface area (Å²) in [5, 5.41) is 0.0286. The zero-order valence-electron chi connectivity index (χ0n) is 10.0. The van der Waals surface area contributed by atoms with Gasteiger partial charge in [0.15, 0.2) is 0 Å². The molecule has 98 valence electrons. The van der Waals surface area contributed by atoms with Crippen molar-refractivity contribution in [3.05, 3.63) is 28.8 Å². The number of aromatic nitrogens is 1. The molecule has 0 radical (unpaired) electrons. The molecule has 1 aromatic rings. The first-order chi connectivity index (χ1) is 8.61. The van der Waals surface area contributed by atoms with E-state index in [2.05, 4.69) is 4.98 Å². The number of carbonyl (C=O) groups is 1. The molecule has 1 amide bonds. The molecule has 2 rings (SSSR count). The summed E-state index contributed by atoms with van der Waals surface area (Å²) in [6, 6.07) is 1.12. The van der Waals surface area contributed by atoms with Gasteiger partial charge in [-0.25, -0.2) is 9.37 Å². The van der Waals surface area contributed by atoms with E-state index in [1.807, 2.05) is 0 Å². The number of rotatable bonds is 2. The molecule has 0 saturated carbocycles. The third-order valence-corrected chi connectivity index (χ3v) is 3.34. The van der Waals surface area contributed by atoms with Crippen molar-refractivity contribution in [2.45, 2.75) is 18.9 Å². The van der Waals surface area contributed by atoms with Crippen LogP contribution < -0.4 is 0 Å². The van der Waals surface area contributed by atoms with Gasteiger partial charge in [0, 0.05) is 20.2 Å². The second kappa shape index (κ2) is 5.63. The Labute approximate surface area is 110 Å². The average Bonchev–Trinajstić information content (AvgIpc) is 2.41. The van der Waals surface area contributed by atoms with Crippen LogP contribution in [0.3, 0.4) is 0 Å². The molecule has 0 N–H and O–H groups in total. The number of pyridine rings is 1. The average molecular weight is 273 g/mol. The van der Waals surface area contributed by atoms with Crippen LogP contribution in [-0.2, 0) is 4.74 Å². The molecule has 18 heavy (non-hydrogen) atoms. The number of likely N-dealkylation sites (tertiary alicyclic amines) is 1. The Kier molecular flexibility index (Phi) is 4.14. The van der Waals surface area contributed by atoms with Crippen LogP contribution in [0.25, 0.3) is 0 Å². The molecule has 1 aromatic heterocycles. The molecule has 0 aromatic carbocycles. The van der Waals surface area contributed by atoms with Crippen LogP contribution in [0.2, 0.25) is 5.15 Å². The van der Waals surface area contributed by atoms with E-state index in [9.17, 15) is 9.18 Å². The van der Waals surface area contributed by atoms with Gasteiger partial charge in [-0.1, -0.05) is 11.6 Å². The number of hydrogen-bond donors (Lipinski definition) is 0. The minimum Gasteiger partial charge on any atom is -0.380 e. The molecule has 6 heteroatoms. The third kappa shape index (κ3) is 2.79. The number of methoxy groups -OCH3 is 1. The predicted molar refractivity (Wildman–Crippen MR) is 65.1 cm³/mol. The van der Waals surface area contributed by atoms with Gasteiger partial charge in [0.25, 0.3) is 5.91 Å². The van der Waals surface area contributed by atoms with Gasteiger partial charge in [-0.2, -0.15) is 0 Å². The van der Waals surface area contributed by atoms with E-state index in [0.717, 1.165) is 25.1 Å². The standard InChI is InChI=1S/C12H14ClFN2O2/c1-18-9-3-2-4-16(7-9)12(17)10-5-8(14)6-15-11(10)13/h5-6,9H,2-4,7H2,1H3. The Morgan fingerprint density at radius 1 is 1.67 bits per heavy atom. The lowest BCUT2D eigenvalue weighted by Crippen LogP contribution is -2.43. The third-order valence-electron chi connectivity index (χ3n) is 3.03. The van der Waals surface area contributed by atoms with Crippen molar-refractivity contribution >= 4 is 17.5 Å². The van der Waals surface area contributed by atoms with E-state index >= 15 is 0 Å². The van der Waals surface area contributed by atoms with Gasteiger partial charge in [0.2, 0.25) is 0 Å². The lowest BCUT2D eigenvalue weighted by atomic mass is 10.1. The SMILES string of the molecule is COC1CCCN(C(=O)c2cc(F)cnc2Cl)C1. The highest BCUT2D eigenvalue weighted by atomic mass is 35.5. The summed E-state index contributed by atoms with van der Waals surface area (Å²) in [5.74, 6) is -0.864. The van der Waals surface area contributed by atoms with Gasteiger partial charge in [-0.3, -0.25) is 4.79 Å². The highest BCUT2D eigenvalue weighted by Crippen LogP contribution is 2.20. The first-order valence-corrected chi connectivity index (χ1v) is 6.12. The highest BCUT2D eigenvalue weighted by molar-refractivity contribution is 6.32. The van der Waals surface area contributed by atoms with Gasteiger partial charge >= 0.3 is 0 Å². The Hall–Kier alpha value is -1.20. The summed E-state index contributed by atoms with van der Waals surface area (Å²) in [6.45, 7) is 1.13. The smallest absolute Gasteiger partial charge is 0.257 e. The summed E-state index contributed by atoms with van der Waals surface area (Å²) in [6.07, 6.45) is 2.82. The number of carbonyl (C=O) groups excluding carboxylic acids is 1. The Bertz CT molecular complexity index is 456. The van der Waals surface area contributed by atoms with Crippen molar-refractivity contribution in [3.63, 3.8) is 0 Å². The maximum absolute atomic E-state index is 13.1. The molecule has 2 heterocycles. The molecule has 1 unspecified atom stereocenters. The highest BCUT2D eigenvalue weighted by Gasteiger charge is 2.26.